The molecule has 0 radical (unpaired) electrons. The fourth-order valence-corrected chi connectivity index (χ4v) is 3.36. The molecule has 2 saturated heterocycles. The number of nitrogens with zero attached hydrogens (tertiary/aromatic N) is 2. The molecule has 0 spiro atoms. The summed E-state index contributed by atoms with van der Waals surface area (Å²) in [5.41, 5.74) is 1.23. The molecule has 2 atom stereocenters. The van der Waals surface area contributed by atoms with Gasteiger partial charge in [-0.3, -0.25) is 4.79 Å². The van der Waals surface area contributed by atoms with E-state index in [0.717, 1.165) is 19.5 Å². The molecular formula is C17H23N3O3. The first kappa shape index (κ1) is 15.6. The molecule has 124 valence electrons. The van der Waals surface area contributed by atoms with Crippen molar-refractivity contribution in [1.82, 2.24) is 10.2 Å². The minimum absolute atomic E-state index is 0.132. The van der Waals surface area contributed by atoms with Crippen molar-refractivity contribution in [1.29, 1.82) is 0 Å². The standard InChI is InChI=1S/C17H23N3O3/c21-16(22)14-7-9-20(12-14)17(23)18-10-13-6-8-19(11-13)15-4-2-1-3-5-15/h1-5,13-14H,6-12H2,(H,18,23)(H,21,22). The summed E-state index contributed by atoms with van der Waals surface area (Å²) in [5, 5.41) is 12.0. The summed E-state index contributed by atoms with van der Waals surface area (Å²) in [5.74, 6) is -0.785. The molecule has 0 bridgehead atoms. The van der Waals surface area contributed by atoms with E-state index in [1.165, 1.54) is 5.69 Å². The lowest BCUT2D eigenvalue weighted by Gasteiger charge is -2.20. The van der Waals surface area contributed by atoms with E-state index in [0.29, 0.717) is 32.0 Å². The number of aliphatic carboxylic acids is 1. The Labute approximate surface area is 136 Å². The number of carboxylic acids is 1. The van der Waals surface area contributed by atoms with Gasteiger partial charge in [-0.1, -0.05) is 18.2 Å². The van der Waals surface area contributed by atoms with E-state index < -0.39 is 11.9 Å². The zero-order valence-corrected chi connectivity index (χ0v) is 13.1. The lowest BCUT2D eigenvalue weighted by molar-refractivity contribution is -0.141. The Hall–Kier alpha value is -2.24. The van der Waals surface area contributed by atoms with Crippen molar-refractivity contribution in [2.24, 2.45) is 11.8 Å². The molecular weight excluding hydrogens is 294 g/mol. The van der Waals surface area contributed by atoms with E-state index in [9.17, 15) is 9.59 Å². The maximum absolute atomic E-state index is 12.1. The lowest BCUT2D eigenvalue weighted by Crippen LogP contribution is -2.41. The van der Waals surface area contributed by atoms with Gasteiger partial charge < -0.3 is 20.2 Å². The van der Waals surface area contributed by atoms with Gasteiger partial charge in [-0.25, -0.2) is 4.79 Å². The number of anilines is 1. The number of carbonyl (C=O) groups excluding carboxylic acids is 1. The summed E-state index contributed by atoms with van der Waals surface area (Å²) in [4.78, 5) is 27.0. The second-order valence-electron chi connectivity index (χ2n) is 6.39. The fraction of sp³-hybridized carbons (Fsp3) is 0.529. The van der Waals surface area contributed by atoms with Gasteiger partial charge >= 0.3 is 12.0 Å². The van der Waals surface area contributed by atoms with Crippen molar-refractivity contribution in [3.63, 3.8) is 0 Å². The third-order valence-corrected chi connectivity index (χ3v) is 4.77. The first-order chi connectivity index (χ1) is 11.1. The number of para-hydroxylation sites is 1. The summed E-state index contributed by atoms with van der Waals surface area (Å²) in [6.07, 6.45) is 1.61. The topological polar surface area (TPSA) is 72.9 Å². The molecule has 2 N–H and O–H groups in total. The maximum Gasteiger partial charge on any atom is 0.317 e. The average Bonchev–Trinajstić information content (AvgIpc) is 3.23. The summed E-state index contributed by atoms with van der Waals surface area (Å²) in [6, 6.07) is 10.2. The molecule has 2 amide bonds. The zero-order chi connectivity index (χ0) is 16.2. The Kier molecular flexibility index (Phi) is 4.69. The molecule has 2 heterocycles. The summed E-state index contributed by atoms with van der Waals surface area (Å²) in [7, 11) is 0. The molecule has 6 heteroatoms. The van der Waals surface area contributed by atoms with E-state index in [-0.39, 0.29) is 6.03 Å². The van der Waals surface area contributed by atoms with Crippen LogP contribution in [0.3, 0.4) is 0 Å². The molecule has 1 aromatic carbocycles. The van der Waals surface area contributed by atoms with Crippen LogP contribution in [-0.2, 0) is 4.79 Å². The maximum atomic E-state index is 12.1. The molecule has 0 aliphatic carbocycles. The molecule has 2 unspecified atom stereocenters. The van der Waals surface area contributed by atoms with E-state index >= 15 is 0 Å². The summed E-state index contributed by atoms with van der Waals surface area (Å²) >= 11 is 0. The van der Waals surface area contributed by atoms with Crippen molar-refractivity contribution in [2.45, 2.75) is 12.8 Å². The second-order valence-corrected chi connectivity index (χ2v) is 6.39. The fourth-order valence-electron chi connectivity index (χ4n) is 3.36. The normalized spacial score (nSPS) is 24.0. The third-order valence-electron chi connectivity index (χ3n) is 4.77. The van der Waals surface area contributed by atoms with E-state index in [1.807, 2.05) is 18.2 Å². The van der Waals surface area contributed by atoms with Gasteiger partial charge in [0.05, 0.1) is 5.92 Å². The van der Waals surface area contributed by atoms with Gasteiger partial charge in [0.25, 0.3) is 0 Å². The van der Waals surface area contributed by atoms with Gasteiger partial charge in [0.15, 0.2) is 0 Å². The van der Waals surface area contributed by atoms with Crippen LogP contribution in [0.2, 0.25) is 0 Å². The van der Waals surface area contributed by atoms with E-state index in [1.54, 1.807) is 4.90 Å². The number of carbonyl (C=O) groups is 2. The molecule has 2 aliphatic rings. The molecule has 0 aromatic heterocycles. The number of nitrogens with one attached hydrogen (secondary N) is 1. The van der Waals surface area contributed by atoms with Gasteiger partial charge in [0, 0.05) is 38.4 Å². The first-order valence-corrected chi connectivity index (χ1v) is 8.19. The molecule has 3 rings (SSSR count). The smallest absolute Gasteiger partial charge is 0.317 e. The Bertz CT molecular complexity index is 563. The highest BCUT2D eigenvalue weighted by Gasteiger charge is 2.31. The molecule has 6 nitrogen and oxygen atoms in total. The summed E-state index contributed by atoms with van der Waals surface area (Å²) < 4.78 is 0. The lowest BCUT2D eigenvalue weighted by atomic mass is 10.1. The van der Waals surface area contributed by atoms with Gasteiger partial charge in [0.1, 0.15) is 0 Å². The van der Waals surface area contributed by atoms with E-state index in [2.05, 4.69) is 22.3 Å². The van der Waals surface area contributed by atoms with Crippen molar-refractivity contribution in [3.05, 3.63) is 30.3 Å². The third kappa shape index (κ3) is 3.75. The number of benzene rings is 1. The number of carboxylic acid groups (broad SMARTS) is 1. The molecule has 0 saturated carbocycles. The van der Waals surface area contributed by atoms with Gasteiger partial charge in [-0.15, -0.1) is 0 Å². The SMILES string of the molecule is O=C(O)C1CCN(C(=O)NCC2CCN(c3ccccc3)C2)C1. The Balaban J connectivity index is 1.43. The average molecular weight is 317 g/mol. The van der Waals surface area contributed by atoms with E-state index in [4.69, 9.17) is 5.11 Å². The molecule has 2 aliphatic heterocycles. The van der Waals surface area contributed by atoms with Gasteiger partial charge in [-0.2, -0.15) is 0 Å². The van der Waals surface area contributed by atoms with Crippen LogP contribution in [0.1, 0.15) is 12.8 Å². The minimum Gasteiger partial charge on any atom is -0.481 e. The predicted octanol–water partition coefficient (Wildman–Crippen LogP) is 1.63. The van der Waals surface area contributed by atoms with Crippen molar-refractivity contribution in [3.8, 4) is 0 Å². The number of urea groups is 1. The second kappa shape index (κ2) is 6.89. The highest BCUT2D eigenvalue weighted by Crippen LogP contribution is 2.23. The Morgan fingerprint density at radius 1 is 1.13 bits per heavy atom. The van der Waals surface area contributed by atoms with Crippen LogP contribution < -0.4 is 10.2 Å². The van der Waals surface area contributed by atoms with Crippen LogP contribution in [0.5, 0.6) is 0 Å². The van der Waals surface area contributed by atoms with Crippen LogP contribution >= 0.6 is 0 Å². The molecule has 23 heavy (non-hydrogen) atoms. The van der Waals surface area contributed by atoms with Crippen LogP contribution in [0.15, 0.2) is 30.3 Å². The summed E-state index contributed by atoms with van der Waals surface area (Å²) in [6.45, 7) is 3.46. The number of amides is 2. The van der Waals surface area contributed by atoms with Crippen molar-refractivity contribution in [2.75, 3.05) is 37.6 Å². The Morgan fingerprint density at radius 2 is 1.91 bits per heavy atom. The van der Waals surface area contributed by atoms with Gasteiger partial charge in [-0.05, 0) is 30.9 Å². The number of hydrogen-bond acceptors (Lipinski definition) is 3. The van der Waals surface area contributed by atoms with Crippen LogP contribution in [0.25, 0.3) is 0 Å². The first-order valence-electron chi connectivity index (χ1n) is 8.19. The van der Waals surface area contributed by atoms with Crippen molar-refractivity contribution < 1.29 is 14.7 Å². The predicted molar refractivity (Wildman–Crippen MR) is 87.5 cm³/mol. The number of rotatable bonds is 4. The van der Waals surface area contributed by atoms with Gasteiger partial charge in [0.2, 0.25) is 0 Å². The monoisotopic (exact) mass is 317 g/mol. The zero-order valence-electron chi connectivity index (χ0n) is 13.1. The quantitative estimate of drug-likeness (QED) is 0.885. The highest BCUT2D eigenvalue weighted by atomic mass is 16.4. The number of likely N-dealkylation sites (tertiary alicyclic amines) is 1. The van der Waals surface area contributed by atoms with Crippen LogP contribution in [-0.4, -0.2) is 54.7 Å². The highest BCUT2D eigenvalue weighted by molar-refractivity contribution is 5.77. The minimum atomic E-state index is -0.811. The molecule has 2 fully saturated rings. The molecule has 1 aromatic rings. The number of hydrogen-bond donors (Lipinski definition) is 2. The van der Waals surface area contributed by atoms with Crippen molar-refractivity contribution >= 4 is 17.7 Å². The van der Waals surface area contributed by atoms with Crippen LogP contribution in [0.4, 0.5) is 10.5 Å². The van der Waals surface area contributed by atoms with Crippen LogP contribution in [0, 0.1) is 11.8 Å². The largest absolute Gasteiger partial charge is 0.481 e. The Morgan fingerprint density at radius 3 is 2.61 bits per heavy atom.